The van der Waals surface area contributed by atoms with Crippen LogP contribution in [0.4, 0.5) is 0 Å². The first-order chi connectivity index (χ1) is 12.5. The maximum absolute atomic E-state index is 12.5. The van der Waals surface area contributed by atoms with Gasteiger partial charge in [-0.25, -0.2) is 4.79 Å². The maximum Gasteiger partial charge on any atom is 0.344 e. The van der Waals surface area contributed by atoms with Crippen LogP contribution in [0.25, 0.3) is 0 Å². The van der Waals surface area contributed by atoms with Crippen molar-refractivity contribution in [1.82, 2.24) is 0 Å². The molecular formula is C20H24O6. The van der Waals surface area contributed by atoms with E-state index in [2.05, 4.69) is 0 Å². The smallest absolute Gasteiger partial charge is 0.344 e. The van der Waals surface area contributed by atoms with E-state index in [0.717, 1.165) is 0 Å². The van der Waals surface area contributed by atoms with E-state index < -0.39 is 17.8 Å². The summed E-state index contributed by atoms with van der Waals surface area (Å²) in [5, 5.41) is 0. The Morgan fingerprint density at radius 3 is 2.50 bits per heavy atom. The minimum Gasteiger partial charge on any atom is -0.482 e. The molecule has 0 amide bonds. The van der Waals surface area contributed by atoms with Crippen LogP contribution >= 0.6 is 0 Å². The summed E-state index contributed by atoms with van der Waals surface area (Å²) in [5.74, 6) is -1.38. The predicted molar refractivity (Wildman–Crippen MR) is 94.8 cm³/mol. The molecule has 2 unspecified atom stereocenters. The molecule has 0 heterocycles. The molecule has 2 atom stereocenters. The number of allylic oxidation sites excluding steroid dienone is 1. The lowest BCUT2D eigenvalue weighted by Crippen LogP contribution is -2.31. The Morgan fingerprint density at radius 2 is 1.81 bits per heavy atom. The number of carbonyl (C=O) groups excluding carboxylic acids is 3. The van der Waals surface area contributed by atoms with Gasteiger partial charge in [0.1, 0.15) is 5.75 Å². The van der Waals surface area contributed by atoms with Gasteiger partial charge in [-0.1, -0.05) is 23.8 Å². The minimum absolute atomic E-state index is 0.0479. The Hall–Kier alpha value is -2.63. The molecule has 0 saturated heterocycles. The number of rotatable bonds is 7. The molecule has 6 nitrogen and oxygen atoms in total. The van der Waals surface area contributed by atoms with Crippen molar-refractivity contribution in [3.63, 3.8) is 0 Å². The summed E-state index contributed by atoms with van der Waals surface area (Å²) in [4.78, 5) is 36.2. The molecule has 0 saturated carbocycles. The summed E-state index contributed by atoms with van der Waals surface area (Å²) in [5.41, 5.74) is 1.38. The van der Waals surface area contributed by atoms with E-state index in [1.807, 2.05) is 12.1 Å². The largest absolute Gasteiger partial charge is 0.482 e. The van der Waals surface area contributed by atoms with Crippen LogP contribution in [0.15, 0.2) is 35.9 Å². The van der Waals surface area contributed by atoms with E-state index in [4.69, 9.17) is 14.2 Å². The van der Waals surface area contributed by atoms with E-state index in [9.17, 15) is 14.4 Å². The lowest BCUT2D eigenvalue weighted by atomic mass is 9.74. The Morgan fingerprint density at radius 1 is 1.12 bits per heavy atom. The molecule has 1 aromatic rings. The second kappa shape index (κ2) is 9.17. The fraction of sp³-hybridized carbons (Fsp3) is 0.450. The van der Waals surface area contributed by atoms with Crippen LogP contribution in [0.5, 0.6) is 5.75 Å². The standard InChI is InChI=1S/C20H24O6/c1-4-24-18(22)12-26-17-9-7-6-8-15(17)16-11-14(21)10-13(3)19(16)20(23)25-5-2/h6-10,16,19H,4-5,11-12H2,1-3H3. The molecule has 0 radical (unpaired) electrons. The highest BCUT2D eigenvalue weighted by atomic mass is 16.6. The van der Waals surface area contributed by atoms with Gasteiger partial charge in [0.2, 0.25) is 0 Å². The Bertz CT molecular complexity index is 706. The third-order valence-corrected chi connectivity index (χ3v) is 4.21. The highest BCUT2D eigenvalue weighted by Gasteiger charge is 2.38. The van der Waals surface area contributed by atoms with Crippen LogP contribution in [0.3, 0.4) is 0 Å². The topological polar surface area (TPSA) is 78.9 Å². The van der Waals surface area contributed by atoms with Gasteiger partial charge in [-0.05, 0) is 38.5 Å². The van der Waals surface area contributed by atoms with Crippen LogP contribution in [0.1, 0.15) is 38.7 Å². The first-order valence-electron chi connectivity index (χ1n) is 8.72. The van der Waals surface area contributed by atoms with Crippen LogP contribution in [0.2, 0.25) is 0 Å². The predicted octanol–water partition coefficient (Wildman–Crippen LogP) is 2.81. The number of ether oxygens (including phenoxy) is 3. The molecule has 0 N–H and O–H groups in total. The summed E-state index contributed by atoms with van der Waals surface area (Å²) in [6.07, 6.45) is 1.68. The fourth-order valence-corrected chi connectivity index (χ4v) is 3.18. The number of hydrogen-bond acceptors (Lipinski definition) is 6. The van der Waals surface area contributed by atoms with Crippen molar-refractivity contribution in [2.45, 2.75) is 33.1 Å². The van der Waals surface area contributed by atoms with Crippen molar-refractivity contribution >= 4 is 17.7 Å². The molecule has 26 heavy (non-hydrogen) atoms. The van der Waals surface area contributed by atoms with Gasteiger partial charge in [0, 0.05) is 12.3 Å². The fourth-order valence-electron chi connectivity index (χ4n) is 3.18. The first-order valence-corrected chi connectivity index (χ1v) is 8.72. The monoisotopic (exact) mass is 360 g/mol. The zero-order chi connectivity index (χ0) is 19.1. The van der Waals surface area contributed by atoms with E-state index in [1.54, 1.807) is 32.9 Å². The molecular weight excluding hydrogens is 336 g/mol. The third-order valence-electron chi connectivity index (χ3n) is 4.21. The number of hydrogen-bond donors (Lipinski definition) is 0. The average Bonchev–Trinajstić information content (AvgIpc) is 2.60. The van der Waals surface area contributed by atoms with E-state index in [1.165, 1.54) is 6.08 Å². The Kier molecular flexibility index (Phi) is 6.95. The van der Waals surface area contributed by atoms with Crippen molar-refractivity contribution in [2.75, 3.05) is 19.8 Å². The molecule has 0 fully saturated rings. The third kappa shape index (κ3) is 4.71. The minimum atomic E-state index is -0.556. The maximum atomic E-state index is 12.5. The van der Waals surface area contributed by atoms with Crippen molar-refractivity contribution in [3.05, 3.63) is 41.5 Å². The molecule has 0 aliphatic heterocycles. The molecule has 1 aromatic carbocycles. The second-order valence-electron chi connectivity index (χ2n) is 6.03. The van der Waals surface area contributed by atoms with Crippen LogP contribution in [-0.4, -0.2) is 37.5 Å². The summed E-state index contributed by atoms with van der Waals surface area (Å²) in [6.45, 7) is 5.53. The number of para-hydroxylation sites is 1. The van der Waals surface area contributed by atoms with Gasteiger partial charge in [0.15, 0.2) is 12.4 Å². The van der Waals surface area contributed by atoms with E-state index in [0.29, 0.717) is 16.9 Å². The molecule has 0 aromatic heterocycles. The molecule has 140 valence electrons. The zero-order valence-electron chi connectivity index (χ0n) is 15.3. The molecule has 1 aliphatic rings. The molecule has 1 aliphatic carbocycles. The van der Waals surface area contributed by atoms with Crippen LogP contribution in [0, 0.1) is 5.92 Å². The normalized spacial score (nSPS) is 19.5. The highest BCUT2D eigenvalue weighted by Crippen LogP contribution is 2.41. The summed E-state index contributed by atoms with van der Waals surface area (Å²) >= 11 is 0. The lowest BCUT2D eigenvalue weighted by Gasteiger charge is -2.30. The van der Waals surface area contributed by atoms with E-state index >= 15 is 0 Å². The van der Waals surface area contributed by atoms with Gasteiger partial charge in [0.25, 0.3) is 0 Å². The summed E-state index contributed by atoms with van der Waals surface area (Å²) in [7, 11) is 0. The SMILES string of the molecule is CCOC(=O)COc1ccccc1C1CC(=O)C=C(C)C1C(=O)OCC. The molecule has 0 bridgehead atoms. The lowest BCUT2D eigenvalue weighted by molar-refractivity contribution is -0.148. The van der Waals surface area contributed by atoms with Crippen molar-refractivity contribution in [1.29, 1.82) is 0 Å². The van der Waals surface area contributed by atoms with Gasteiger partial charge >= 0.3 is 11.9 Å². The number of benzene rings is 1. The zero-order valence-corrected chi connectivity index (χ0v) is 15.3. The van der Waals surface area contributed by atoms with Gasteiger partial charge in [0.05, 0.1) is 19.1 Å². The van der Waals surface area contributed by atoms with Gasteiger partial charge in [-0.15, -0.1) is 0 Å². The average molecular weight is 360 g/mol. The number of ketones is 1. The van der Waals surface area contributed by atoms with Crippen molar-refractivity contribution in [3.8, 4) is 5.75 Å². The summed E-state index contributed by atoms with van der Waals surface area (Å²) < 4.78 is 15.7. The molecule has 6 heteroatoms. The number of esters is 2. The quantitative estimate of drug-likeness (QED) is 0.696. The van der Waals surface area contributed by atoms with Gasteiger partial charge in [-0.3, -0.25) is 9.59 Å². The highest BCUT2D eigenvalue weighted by molar-refractivity contribution is 5.95. The van der Waals surface area contributed by atoms with E-state index in [-0.39, 0.29) is 38.0 Å². The van der Waals surface area contributed by atoms with Crippen LogP contribution < -0.4 is 4.74 Å². The van der Waals surface area contributed by atoms with Gasteiger partial charge in [-0.2, -0.15) is 0 Å². The van der Waals surface area contributed by atoms with Crippen molar-refractivity contribution < 1.29 is 28.6 Å². The Balaban J connectivity index is 2.32. The van der Waals surface area contributed by atoms with Crippen molar-refractivity contribution in [2.24, 2.45) is 5.92 Å². The van der Waals surface area contributed by atoms with Gasteiger partial charge < -0.3 is 14.2 Å². The van der Waals surface area contributed by atoms with Crippen LogP contribution in [-0.2, 0) is 23.9 Å². The second-order valence-corrected chi connectivity index (χ2v) is 6.03. The molecule has 0 spiro atoms. The summed E-state index contributed by atoms with van der Waals surface area (Å²) in [6, 6.07) is 7.11. The first kappa shape index (κ1) is 19.7. The molecule has 2 rings (SSSR count). The number of carbonyl (C=O) groups is 3. The Labute approximate surface area is 153 Å².